The van der Waals surface area contributed by atoms with E-state index in [1.165, 1.54) is 0 Å². The first kappa shape index (κ1) is 14.6. The maximum absolute atomic E-state index is 8.93. The molecule has 0 bridgehead atoms. The predicted molar refractivity (Wildman–Crippen MR) is 79.9 cm³/mol. The fourth-order valence-corrected chi connectivity index (χ4v) is 2.18. The number of hydrogen-bond acceptors (Lipinski definition) is 5. The van der Waals surface area contributed by atoms with E-state index in [1.807, 2.05) is 13.8 Å². The van der Waals surface area contributed by atoms with Crippen molar-refractivity contribution in [2.75, 3.05) is 5.73 Å². The molecule has 2 N–H and O–H groups in total. The van der Waals surface area contributed by atoms with Crippen LogP contribution < -0.4 is 10.5 Å². The van der Waals surface area contributed by atoms with Crippen molar-refractivity contribution >= 4 is 33.5 Å². The molecule has 1 aromatic heterocycles. The summed E-state index contributed by atoms with van der Waals surface area (Å²) in [5.74, 6) is 0.870. The molecule has 0 aliphatic rings. The summed E-state index contributed by atoms with van der Waals surface area (Å²) in [4.78, 5) is 7.81. The Morgan fingerprint density at radius 2 is 1.90 bits per heavy atom. The Hall–Kier alpha value is -1.84. The summed E-state index contributed by atoms with van der Waals surface area (Å²) in [7, 11) is 0. The molecular formula is C13H10BrClN4O. The largest absolute Gasteiger partial charge is 0.437 e. The van der Waals surface area contributed by atoms with Crippen molar-refractivity contribution in [1.29, 1.82) is 5.26 Å². The second kappa shape index (κ2) is 5.65. The van der Waals surface area contributed by atoms with Crippen LogP contribution in [0.2, 0.25) is 5.15 Å². The van der Waals surface area contributed by atoms with Crippen molar-refractivity contribution in [2.45, 2.75) is 13.8 Å². The van der Waals surface area contributed by atoms with E-state index in [0.717, 1.165) is 11.1 Å². The minimum Gasteiger partial charge on any atom is -0.437 e. The Labute approximate surface area is 129 Å². The number of nitrogen functional groups attached to an aromatic ring is 1. The number of nitrogens with two attached hydrogens (primary N) is 1. The zero-order valence-corrected chi connectivity index (χ0v) is 13.1. The van der Waals surface area contributed by atoms with Gasteiger partial charge < -0.3 is 10.5 Å². The average Bonchev–Trinajstić information content (AvgIpc) is 2.38. The fraction of sp³-hybridized carbons (Fsp3) is 0.154. The SMILES string of the molecule is Cc1cc(C#N)cc(C)c1Oc1nc(N)nc(Cl)c1Br. The number of hydrogen-bond donors (Lipinski definition) is 1. The fourth-order valence-electron chi connectivity index (χ4n) is 1.76. The highest BCUT2D eigenvalue weighted by Gasteiger charge is 2.14. The number of nitrogens with zero attached hydrogens (tertiary/aromatic N) is 3. The van der Waals surface area contributed by atoms with Gasteiger partial charge in [0.25, 0.3) is 0 Å². The molecule has 0 radical (unpaired) electrons. The predicted octanol–water partition coefficient (Wildman–Crippen LogP) is 3.76. The number of ether oxygens (including phenoxy) is 1. The van der Waals surface area contributed by atoms with Gasteiger partial charge in [0.2, 0.25) is 11.8 Å². The molecule has 0 spiro atoms. The highest BCUT2D eigenvalue weighted by Crippen LogP contribution is 2.35. The normalized spacial score (nSPS) is 10.2. The minimum absolute atomic E-state index is 0.0251. The Morgan fingerprint density at radius 3 is 2.45 bits per heavy atom. The quantitative estimate of drug-likeness (QED) is 0.831. The first-order valence-electron chi connectivity index (χ1n) is 5.60. The smallest absolute Gasteiger partial charge is 0.240 e. The first-order chi connectivity index (χ1) is 9.42. The molecule has 1 heterocycles. The molecule has 20 heavy (non-hydrogen) atoms. The monoisotopic (exact) mass is 352 g/mol. The van der Waals surface area contributed by atoms with Gasteiger partial charge in [-0.1, -0.05) is 11.6 Å². The summed E-state index contributed by atoms with van der Waals surface area (Å²) in [6.45, 7) is 3.70. The van der Waals surface area contributed by atoms with Crippen LogP contribution in [0, 0.1) is 25.2 Å². The second-order valence-electron chi connectivity index (χ2n) is 4.14. The average molecular weight is 354 g/mol. The van der Waals surface area contributed by atoms with E-state index in [2.05, 4.69) is 32.0 Å². The summed E-state index contributed by atoms with van der Waals surface area (Å²) in [6.07, 6.45) is 0. The van der Waals surface area contributed by atoms with Crippen LogP contribution >= 0.6 is 27.5 Å². The maximum atomic E-state index is 8.93. The standard InChI is InChI=1S/C13H10BrClN4O/c1-6-3-8(5-16)4-7(2)10(6)20-12-9(14)11(15)18-13(17)19-12/h3-4H,1-2H3,(H2,17,18,19). The summed E-state index contributed by atoms with van der Waals surface area (Å²) >= 11 is 9.17. The van der Waals surface area contributed by atoms with Gasteiger partial charge in [0.1, 0.15) is 10.2 Å². The van der Waals surface area contributed by atoms with E-state index in [-0.39, 0.29) is 17.0 Å². The molecule has 5 nitrogen and oxygen atoms in total. The highest BCUT2D eigenvalue weighted by molar-refractivity contribution is 9.10. The van der Waals surface area contributed by atoms with Crippen LogP contribution in [0.1, 0.15) is 16.7 Å². The Balaban J connectivity index is 2.49. The minimum atomic E-state index is 0.0251. The zero-order chi connectivity index (χ0) is 14.9. The lowest BCUT2D eigenvalue weighted by atomic mass is 10.1. The third kappa shape index (κ3) is 2.84. The molecule has 0 saturated carbocycles. The number of halogens is 2. The number of rotatable bonds is 2. The number of nitriles is 1. The van der Waals surface area contributed by atoms with Crippen molar-refractivity contribution in [3.63, 3.8) is 0 Å². The third-order valence-electron chi connectivity index (χ3n) is 2.59. The van der Waals surface area contributed by atoms with E-state index >= 15 is 0 Å². The Morgan fingerprint density at radius 1 is 1.30 bits per heavy atom. The van der Waals surface area contributed by atoms with Gasteiger partial charge in [-0.2, -0.15) is 15.2 Å². The Bertz CT molecular complexity index is 704. The van der Waals surface area contributed by atoms with Crippen molar-refractivity contribution in [2.24, 2.45) is 0 Å². The molecule has 0 atom stereocenters. The van der Waals surface area contributed by atoms with Crippen LogP contribution in [0.4, 0.5) is 5.95 Å². The van der Waals surface area contributed by atoms with Crippen molar-refractivity contribution in [1.82, 2.24) is 9.97 Å². The molecule has 0 amide bonds. The van der Waals surface area contributed by atoms with Gasteiger partial charge in [-0.25, -0.2) is 0 Å². The summed E-state index contributed by atoms with van der Waals surface area (Å²) in [5, 5.41) is 9.11. The van der Waals surface area contributed by atoms with Crippen LogP contribution in [0.25, 0.3) is 0 Å². The highest BCUT2D eigenvalue weighted by atomic mass is 79.9. The first-order valence-corrected chi connectivity index (χ1v) is 6.77. The number of aryl methyl sites for hydroxylation is 2. The molecule has 2 aromatic rings. The van der Waals surface area contributed by atoms with Crippen LogP contribution in [0.5, 0.6) is 11.6 Å². The van der Waals surface area contributed by atoms with Gasteiger partial charge in [0.05, 0.1) is 11.6 Å². The molecular weight excluding hydrogens is 344 g/mol. The van der Waals surface area contributed by atoms with E-state index in [0.29, 0.717) is 15.8 Å². The summed E-state index contributed by atoms with van der Waals surface area (Å²) in [5.41, 5.74) is 7.77. The molecule has 7 heteroatoms. The number of aromatic nitrogens is 2. The maximum Gasteiger partial charge on any atom is 0.240 e. The van der Waals surface area contributed by atoms with Gasteiger partial charge in [-0.3, -0.25) is 0 Å². The van der Waals surface area contributed by atoms with E-state index in [4.69, 9.17) is 27.3 Å². The van der Waals surface area contributed by atoms with Crippen LogP contribution in [-0.4, -0.2) is 9.97 Å². The summed E-state index contributed by atoms with van der Waals surface area (Å²) in [6, 6.07) is 5.57. The van der Waals surface area contributed by atoms with Crippen LogP contribution in [0.15, 0.2) is 16.6 Å². The molecule has 0 aliphatic heterocycles. The molecule has 2 rings (SSSR count). The zero-order valence-electron chi connectivity index (χ0n) is 10.7. The van der Waals surface area contributed by atoms with Crippen molar-refractivity contribution in [3.05, 3.63) is 38.4 Å². The third-order valence-corrected chi connectivity index (χ3v) is 3.80. The van der Waals surface area contributed by atoms with Gasteiger partial charge >= 0.3 is 0 Å². The lowest BCUT2D eigenvalue weighted by molar-refractivity contribution is 0.452. The Kier molecular flexibility index (Phi) is 4.12. The molecule has 0 saturated heterocycles. The topological polar surface area (TPSA) is 84.8 Å². The second-order valence-corrected chi connectivity index (χ2v) is 5.30. The number of benzene rings is 1. The van der Waals surface area contributed by atoms with Gasteiger partial charge in [0.15, 0.2) is 5.15 Å². The van der Waals surface area contributed by atoms with Crippen LogP contribution in [0.3, 0.4) is 0 Å². The molecule has 102 valence electrons. The van der Waals surface area contributed by atoms with Crippen molar-refractivity contribution < 1.29 is 4.74 Å². The van der Waals surface area contributed by atoms with Gasteiger partial charge in [-0.05, 0) is 53.0 Å². The lowest BCUT2D eigenvalue weighted by Gasteiger charge is -2.13. The lowest BCUT2D eigenvalue weighted by Crippen LogP contribution is -2.00. The van der Waals surface area contributed by atoms with Crippen LogP contribution in [-0.2, 0) is 0 Å². The van der Waals surface area contributed by atoms with E-state index in [1.54, 1.807) is 12.1 Å². The summed E-state index contributed by atoms with van der Waals surface area (Å²) < 4.78 is 6.19. The van der Waals surface area contributed by atoms with Gasteiger partial charge in [0, 0.05) is 0 Å². The molecule has 1 aromatic carbocycles. The van der Waals surface area contributed by atoms with E-state index in [9.17, 15) is 0 Å². The van der Waals surface area contributed by atoms with E-state index < -0.39 is 0 Å². The molecule has 0 fully saturated rings. The number of anilines is 1. The molecule has 0 aliphatic carbocycles. The van der Waals surface area contributed by atoms with Crippen molar-refractivity contribution in [3.8, 4) is 17.7 Å². The van der Waals surface area contributed by atoms with Gasteiger partial charge in [-0.15, -0.1) is 0 Å². The molecule has 0 unspecified atom stereocenters.